The molecule has 0 saturated heterocycles. The van der Waals surface area contributed by atoms with Gasteiger partial charge in [-0.15, -0.1) is 0 Å². The standard InChI is InChI=1S/C15H32/c1-8-12(3)13(4)10-11-14(5)15(6,7)9-2/h12-14H,8-11H2,1-7H3. The van der Waals surface area contributed by atoms with Crippen LogP contribution in [0.2, 0.25) is 0 Å². The summed E-state index contributed by atoms with van der Waals surface area (Å²) in [6.07, 6.45) is 5.42. The van der Waals surface area contributed by atoms with Gasteiger partial charge < -0.3 is 0 Å². The van der Waals surface area contributed by atoms with E-state index in [-0.39, 0.29) is 0 Å². The van der Waals surface area contributed by atoms with Crippen LogP contribution in [0, 0.1) is 23.2 Å². The predicted molar refractivity (Wildman–Crippen MR) is 71.1 cm³/mol. The highest BCUT2D eigenvalue weighted by molar-refractivity contribution is 4.75. The summed E-state index contributed by atoms with van der Waals surface area (Å²) in [5.74, 6) is 2.64. The third-order valence-corrected chi connectivity index (χ3v) is 4.92. The van der Waals surface area contributed by atoms with Crippen LogP contribution in [-0.4, -0.2) is 0 Å². The minimum Gasteiger partial charge on any atom is -0.0651 e. The van der Waals surface area contributed by atoms with E-state index in [1.165, 1.54) is 25.7 Å². The highest BCUT2D eigenvalue weighted by Crippen LogP contribution is 2.35. The van der Waals surface area contributed by atoms with Gasteiger partial charge in [0.05, 0.1) is 0 Å². The molecule has 0 spiro atoms. The third-order valence-electron chi connectivity index (χ3n) is 4.92. The van der Waals surface area contributed by atoms with Crippen molar-refractivity contribution in [2.45, 2.75) is 74.1 Å². The van der Waals surface area contributed by atoms with Gasteiger partial charge in [-0.05, 0) is 29.6 Å². The molecule has 0 aliphatic carbocycles. The lowest BCUT2D eigenvalue weighted by molar-refractivity contribution is 0.189. The van der Waals surface area contributed by atoms with Crippen LogP contribution in [0.3, 0.4) is 0 Å². The second kappa shape index (κ2) is 6.55. The summed E-state index contributed by atoms with van der Waals surface area (Å²) >= 11 is 0. The lowest BCUT2D eigenvalue weighted by Gasteiger charge is -2.32. The lowest BCUT2D eigenvalue weighted by atomic mass is 9.74. The van der Waals surface area contributed by atoms with Gasteiger partial charge in [-0.3, -0.25) is 0 Å². The molecule has 0 aromatic carbocycles. The van der Waals surface area contributed by atoms with Crippen molar-refractivity contribution in [3.63, 3.8) is 0 Å². The molecule has 0 saturated carbocycles. The number of hydrogen-bond acceptors (Lipinski definition) is 0. The normalized spacial score (nSPS) is 18.6. The molecule has 0 aromatic rings. The molecule has 3 atom stereocenters. The zero-order chi connectivity index (χ0) is 12.1. The fraction of sp³-hybridized carbons (Fsp3) is 1.00. The van der Waals surface area contributed by atoms with Crippen molar-refractivity contribution < 1.29 is 0 Å². The third kappa shape index (κ3) is 5.04. The topological polar surface area (TPSA) is 0 Å². The van der Waals surface area contributed by atoms with Gasteiger partial charge in [0.25, 0.3) is 0 Å². The van der Waals surface area contributed by atoms with Crippen LogP contribution in [0.5, 0.6) is 0 Å². The number of rotatable bonds is 7. The summed E-state index contributed by atoms with van der Waals surface area (Å²) in [5, 5.41) is 0. The van der Waals surface area contributed by atoms with Crippen molar-refractivity contribution in [1.29, 1.82) is 0 Å². The number of hydrogen-bond donors (Lipinski definition) is 0. The maximum Gasteiger partial charge on any atom is -0.0331 e. The Hall–Kier alpha value is 0. The second-order valence-electron chi connectivity index (χ2n) is 6.18. The monoisotopic (exact) mass is 212 g/mol. The minimum atomic E-state index is 0.523. The maximum absolute atomic E-state index is 2.42. The predicted octanol–water partition coefficient (Wildman–Crippen LogP) is 5.52. The van der Waals surface area contributed by atoms with E-state index in [0.717, 1.165) is 17.8 Å². The highest BCUT2D eigenvalue weighted by Gasteiger charge is 2.24. The highest BCUT2D eigenvalue weighted by atomic mass is 14.3. The van der Waals surface area contributed by atoms with Gasteiger partial charge >= 0.3 is 0 Å². The van der Waals surface area contributed by atoms with E-state index in [2.05, 4.69) is 48.5 Å². The van der Waals surface area contributed by atoms with Gasteiger partial charge in [0.2, 0.25) is 0 Å². The fourth-order valence-corrected chi connectivity index (χ4v) is 1.94. The first kappa shape index (κ1) is 15.0. The zero-order valence-corrected chi connectivity index (χ0v) is 12.1. The molecule has 0 aliphatic heterocycles. The van der Waals surface area contributed by atoms with Crippen molar-refractivity contribution in [2.24, 2.45) is 23.2 Å². The fourth-order valence-electron chi connectivity index (χ4n) is 1.94. The Kier molecular flexibility index (Phi) is 6.55. The Balaban J connectivity index is 3.95. The summed E-state index contributed by atoms with van der Waals surface area (Å²) in [6.45, 7) is 16.7. The van der Waals surface area contributed by atoms with E-state index >= 15 is 0 Å². The Morgan fingerprint density at radius 3 is 1.80 bits per heavy atom. The van der Waals surface area contributed by atoms with Gasteiger partial charge in [0.1, 0.15) is 0 Å². The van der Waals surface area contributed by atoms with Crippen molar-refractivity contribution in [3.05, 3.63) is 0 Å². The van der Waals surface area contributed by atoms with E-state index < -0.39 is 0 Å². The molecule has 0 bridgehead atoms. The smallest absolute Gasteiger partial charge is 0.0331 e. The average molecular weight is 212 g/mol. The molecule has 0 fully saturated rings. The molecular formula is C15H32. The van der Waals surface area contributed by atoms with Gasteiger partial charge in [0, 0.05) is 0 Å². The molecule has 3 unspecified atom stereocenters. The molecule has 0 aliphatic rings. The van der Waals surface area contributed by atoms with Gasteiger partial charge in [0.15, 0.2) is 0 Å². The Labute approximate surface area is 97.8 Å². The van der Waals surface area contributed by atoms with Gasteiger partial charge in [-0.2, -0.15) is 0 Å². The van der Waals surface area contributed by atoms with Crippen LogP contribution < -0.4 is 0 Å². The molecule has 92 valence electrons. The van der Waals surface area contributed by atoms with Crippen molar-refractivity contribution >= 4 is 0 Å². The molecule has 0 heterocycles. The molecule has 15 heavy (non-hydrogen) atoms. The molecule has 0 nitrogen and oxygen atoms in total. The van der Waals surface area contributed by atoms with E-state index in [0.29, 0.717) is 5.41 Å². The molecule has 0 heteroatoms. The zero-order valence-electron chi connectivity index (χ0n) is 12.1. The Morgan fingerprint density at radius 1 is 0.867 bits per heavy atom. The first-order valence-corrected chi connectivity index (χ1v) is 6.85. The van der Waals surface area contributed by atoms with E-state index in [4.69, 9.17) is 0 Å². The van der Waals surface area contributed by atoms with E-state index in [9.17, 15) is 0 Å². The Morgan fingerprint density at radius 2 is 1.40 bits per heavy atom. The van der Waals surface area contributed by atoms with Crippen LogP contribution in [-0.2, 0) is 0 Å². The van der Waals surface area contributed by atoms with E-state index in [1.807, 2.05) is 0 Å². The molecule has 0 aromatic heterocycles. The van der Waals surface area contributed by atoms with Crippen LogP contribution in [0.1, 0.15) is 74.1 Å². The van der Waals surface area contributed by atoms with Crippen LogP contribution in [0.4, 0.5) is 0 Å². The maximum atomic E-state index is 2.42. The first-order chi connectivity index (χ1) is 6.85. The van der Waals surface area contributed by atoms with Crippen molar-refractivity contribution in [1.82, 2.24) is 0 Å². The van der Waals surface area contributed by atoms with Crippen LogP contribution in [0.25, 0.3) is 0 Å². The molecule has 0 N–H and O–H groups in total. The summed E-state index contributed by atoms with van der Waals surface area (Å²) in [7, 11) is 0. The Bertz CT molecular complexity index is 157. The molecule has 0 amide bonds. The molecule has 0 radical (unpaired) electrons. The molecule has 0 rings (SSSR count). The average Bonchev–Trinajstić information content (AvgIpc) is 2.23. The van der Waals surface area contributed by atoms with E-state index in [1.54, 1.807) is 0 Å². The second-order valence-corrected chi connectivity index (χ2v) is 6.18. The molecular weight excluding hydrogens is 180 g/mol. The minimum absolute atomic E-state index is 0.523. The summed E-state index contributed by atoms with van der Waals surface area (Å²) in [4.78, 5) is 0. The summed E-state index contributed by atoms with van der Waals surface area (Å²) in [5.41, 5.74) is 0.523. The van der Waals surface area contributed by atoms with Crippen molar-refractivity contribution in [3.8, 4) is 0 Å². The quantitative estimate of drug-likeness (QED) is 0.521. The van der Waals surface area contributed by atoms with Crippen LogP contribution >= 0.6 is 0 Å². The van der Waals surface area contributed by atoms with Crippen LogP contribution in [0.15, 0.2) is 0 Å². The van der Waals surface area contributed by atoms with Gasteiger partial charge in [-0.25, -0.2) is 0 Å². The largest absolute Gasteiger partial charge is 0.0651 e. The van der Waals surface area contributed by atoms with Crippen molar-refractivity contribution in [2.75, 3.05) is 0 Å². The SMILES string of the molecule is CCC(C)C(C)CCC(C)C(C)(C)CC. The summed E-state index contributed by atoms with van der Waals surface area (Å²) in [6, 6.07) is 0. The summed E-state index contributed by atoms with van der Waals surface area (Å²) < 4.78 is 0. The lowest BCUT2D eigenvalue weighted by Crippen LogP contribution is -2.21. The van der Waals surface area contributed by atoms with Gasteiger partial charge in [-0.1, -0.05) is 67.7 Å². The first-order valence-electron chi connectivity index (χ1n) is 6.85.